The van der Waals surface area contributed by atoms with Crippen LogP contribution in [0.25, 0.3) is 0 Å². The quantitative estimate of drug-likeness (QED) is 0.244. The average Bonchev–Trinajstić information content (AvgIpc) is 2.50. The Morgan fingerprint density at radius 1 is 1.00 bits per heavy atom. The summed E-state index contributed by atoms with van der Waals surface area (Å²) in [5, 5.41) is 0. The van der Waals surface area contributed by atoms with Crippen LogP contribution in [0.2, 0.25) is 0 Å². The number of alkyl halides is 2. The van der Waals surface area contributed by atoms with E-state index < -0.39 is 44.1 Å². The first-order valence-electron chi connectivity index (χ1n) is 6.33. The van der Waals surface area contributed by atoms with Crippen LogP contribution in [0.4, 0.5) is 0 Å². The Balaban J connectivity index is 1.65. The van der Waals surface area contributed by atoms with Crippen molar-refractivity contribution in [3.63, 3.8) is 0 Å². The van der Waals surface area contributed by atoms with Crippen molar-refractivity contribution < 1.29 is 77.9 Å². The molecule has 0 saturated heterocycles. The third-order valence-corrected chi connectivity index (χ3v) is 8.47. The van der Waals surface area contributed by atoms with E-state index in [-0.39, 0.29) is 0 Å². The Kier molecular flexibility index (Phi) is 8.51. The summed E-state index contributed by atoms with van der Waals surface area (Å²) in [6, 6.07) is 7.34. The van der Waals surface area contributed by atoms with Gasteiger partial charge in [0.2, 0.25) is 0 Å². The van der Waals surface area contributed by atoms with Crippen LogP contribution in [0.1, 0.15) is 25.7 Å². The van der Waals surface area contributed by atoms with Gasteiger partial charge in [-0.05, 0) is 0 Å². The third kappa shape index (κ3) is 5.97. The molecule has 1 saturated carbocycles. The fraction of sp³-hybridized carbons (Fsp3) is 0.538. The molecule has 0 aliphatic heterocycles. The topological polar surface area (TPSA) is 47.9 Å². The third-order valence-electron chi connectivity index (χ3n) is 3.14. The Morgan fingerprint density at radius 2 is 1.60 bits per heavy atom. The van der Waals surface area contributed by atoms with Crippen LogP contribution < -0.4 is 71.4 Å². The molecule has 2 rings (SSSR count). The van der Waals surface area contributed by atoms with Crippen LogP contribution in [0, 0.1) is 0 Å². The first kappa shape index (κ1) is 17.3. The van der Waals surface area contributed by atoms with Crippen molar-refractivity contribution in [2.75, 3.05) is 4.93 Å². The van der Waals surface area contributed by atoms with Crippen molar-refractivity contribution >= 4 is 0 Å². The van der Waals surface area contributed by atoms with Gasteiger partial charge in [0.05, 0.1) is 0 Å². The summed E-state index contributed by atoms with van der Waals surface area (Å²) in [4.78, 5) is 2.38. The van der Waals surface area contributed by atoms with Crippen molar-refractivity contribution in [3.05, 3.63) is 24.3 Å². The van der Waals surface area contributed by atoms with E-state index in [0.29, 0.717) is 33.1 Å². The molecule has 1 fully saturated rings. The van der Waals surface area contributed by atoms with Gasteiger partial charge in [-0.1, -0.05) is 0 Å². The van der Waals surface area contributed by atoms with E-state index in [1.807, 2.05) is 24.3 Å². The summed E-state index contributed by atoms with van der Waals surface area (Å²) in [6.45, 7) is 0. The zero-order valence-electron chi connectivity index (χ0n) is 11.1. The van der Waals surface area contributed by atoms with Gasteiger partial charge in [0.1, 0.15) is 0 Å². The summed E-state index contributed by atoms with van der Waals surface area (Å²) in [6.07, 6.45) is 5.50. The second-order valence-corrected chi connectivity index (χ2v) is 9.59. The predicted molar refractivity (Wildman–Crippen MR) is 63.0 cm³/mol. The molecule has 4 nitrogen and oxygen atoms in total. The summed E-state index contributed by atoms with van der Waals surface area (Å²) < 4.78 is 26.4. The van der Waals surface area contributed by atoms with E-state index >= 15 is 0 Å². The van der Waals surface area contributed by atoms with Gasteiger partial charge in [-0.2, -0.15) is 0 Å². The second kappa shape index (κ2) is 9.85. The second-order valence-electron chi connectivity index (χ2n) is 4.44. The summed E-state index contributed by atoms with van der Waals surface area (Å²) in [5.74, 6) is 1.50. The number of hydrogen-bond acceptors (Lipinski definition) is 4. The van der Waals surface area contributed by atoms with Crippen molar-refractivity contribution in [2.45, 2.75) is 35.7 Å². The van der Waals surface area contributed by atoms with Crippen molar-refractivity contribution in [2.24, 2.45) is 0 Å². The molecule has 0 radical (unpaired) electrons. The van der Waals surface area contributed by atoms with E-state index in [4.69, 9.17) is 12.6 Å². The normalized spacial score (nSPS) is 23.1. The molecule has 1 aliphatic rings. The van der Waals surface area contributed by atoms with Crippen LogP contribution in [-0.4, -0.2) is 18.4 Å². The standard InChI is InChI=1S/C13H18I3O4/c1-14-10-2-4-12(5-3-10)19-16-20-13-8-6-11(7-9-13)18-15-17/h6-10,12,17H,2-5H2,1H3/q-3. The van der Waals surface area contributed by atoms with E-state index in [9.17, 15) is 0 Å². The van der Waals surface area contributed by atoms with Gasteiger partial charge in [-0.15, -0.1) is 0 Å². The molecule has 1 aromatic carbocycles. The summed E-state index contributed by atoms with van der Waals surface area (Å²) in [7, 11) is 0. The maximum atomic E-state index is 8.76. The fourth-order valence-corrected chi connectivity index (χ4v) is 5.91. The van der Waals surface area contributed by atoms with Gasteiger partial charge < -0.3 is 0 Å². The molecular weight excluding hydrogens is 601 g/mol. The molecule has 0 amide bonds. The SMILES string of the molecule is C[I-]C1CCC(O[I-]Oc2ccc(O[I-]O)cc2)CC1. The number of benzene rings is 1. The zero-order chi connectivity index (χ0) is 14.2. The van der Waals surface area contributed by atoms with Gasteiger partial charge in [0.25, 0.3) is 0 Å². The van der Waals surface area contributed by atoms with Crippen molar-refractivity contribution in [1.29, 1.82) is 0 Å². The van der Waals surface area contributed by atoms with Crippen LogP contribution >= 0.6 is 0 Å². The van der Waals surface area contributed by atoms with Gasteiger partial charge in [0.15, 0.2) is 0 Å². The summed E-state index contributed by atoms with van der Waals surface area (Å²) in [5.41, 5.74) is 0. The number of halogens is 3. The molecule has 0 bridgehead atoms. The number of hydrogen-bond donors (Lipinski definition) is 1. The Labute approximate surface area is 152 Å². The monoisotopic (exact) mass is 619 g/mol. The molecule has 7 heteroatoms. The van der Waals surface area contributed by atoms with Crippen molar-refractivity contribution in [3.8, 4) is 11.5 Å². The maximum absolute atomic E-state index is 8.76. The first-order valence-corrected chi connectivity index (χ1v) is 13.3. The molecule has 118 valence electrons. The minimum absolute atomic E-state index is 0.405. The van der Waals surface area contributed by atoms with Gasteiger partial charge in [-0.25, -0.2) is 0 Å². The first-order chi connectivity index (χ1) is 9.81. The average molecular weight is 619 g/mol. The molecule has 1 aliphatic carbocycles. The fourth-order valence-electron chi connectivity index (χ4n) is 2.02. The molecule has 0 spiro atoms. The molecule has 0 heterocycles. The van der Waals surface area contributed by atoms with Crippen LogP contribution in [0.3, 0.4) is 0 Å². The molecule has 1 aromatic rings. The van der Waals surface area contributed by atoms with E-state index in [1.165, 1.54) is 25.7 Å². The molecule has 1 N–H and O–H groups in total. The Hall–Kier alpha value is 0.930. The predicted octanol–water partition coefficient (Wildman–Crippen LogP) is -6.68. The van der Waals surface area contributed by atoms with Crippen LogP contribution in [0.15, 0.2) is 24.3 Å². The van der Waals surface area contributed by atoms with E-state index in [0.717, 1.165) is 9.67 Å². The zero-order valence-corrected chi connectivity index (χ0v) is 17.6. The molecule has 0 unspecified atom stereocenters. The van der Waals surface area contributed by atoms with Crippen LogP contribution in [-0.2, 0) is 3.07 Å². The Morgan fingerprint density at radius 3 is 2.15 bits per heavy atom. The molecule has 20 heavy (non-hydrogen) atoms. The molecule has 0 aromatic heterocycles. The van der Waals surface area contributed by atoms with E-state index in [2.05, 4.69) is 4.93 Å². The van der Waals surface area contributed by atoms with Gasteiger partial charge in [0, 0.05) is 0 Å². The van der Waals surface area contributed by atoms with E-state index in [1.54, 1.807) is 0 Å². The molecular formula is C13H18I3O4-3. The number of rotatable bonds is 7. The van der Waals surface area contributed by atoms with Gasteiger partial charge in [-0.3, -0.25) is 0 Å². The Bertz CT molecular complexity index is 380. The van der Waals surface area contributed by atoms with Gasteiger partial charge >= 0.3 is 154 Å². The molecule has 0 atom stereocenters. The minimum atomic E-state index is -1.16. The summed E-state index contributed by atoms with van der Waals surface area (Å²) >= 11 is -1.45. The van der Waals surface area contributed by atoms with Crippen LogP contribution in [0.5, 0.6) is 11.5 Å². The van der Waals surface area contributed by atoms with Crippen molar-refractivity contribution in [1.82, 2.24) is 0 Å².